The predicted molar refractivity (Wildman–Crippen MR) is 116 cm³/mol. The summed E-state index contributed by atoms with van der Waals surface area (Å²) in [5.41, 5.74) is -0.0352. The number of nitrogens with zero attached hydrogens (tertiary/aromatic N) is 2. The van der Waals surface area contributed by atoms with Crippen LogP contribution in [0.1, 0.15) is 38.2 Å². The van der Waals surface area contributed by atoms with Gasteiger partial charge in [-0.15, -0.1) is 0 Å². The van der Waals surface area contributed by atoms with Gasteiger partial charge in [0.1, 0.15) is 17.8 Å². The van der Waals surface area contributed by atoms with Crippen molar-refractivity contribution in [3.63, 3.8) is 0 Å². The number of para-hydroxylation sites is 1. The fraction of sp³-hybridized carbons (Fsp3) is 0.565. The minimum Gasteiger partial charge on any atom is -0.496 e. The van der Waals surface area contributed by atoms with Gasteiger partial charge in [-0.1, -0.05) is 18.2 Å². The van der Waals surface area contributed by atoms with E-state index in [1.54, 1.807) is 18.9 Å². The summed E-state index contributed by atoms with van der Waals surface area (Å²) in [7, 11) is 1.59. The van der Waals surface area contributed by atoms with E-state index in [0.717, 1.165) is 23.3 Å². The molecule has 5 amide bonds. The van der Waals surface area contributed by atoms with Gasteiger partial charge in [0.25, 0.3) is 5.91 Å². The highest BCUT2D eigenvalue weighted by molar-refractivity contribution is 6.09. The smallest absolute Gasteiger partial charge is 0.325 e. The first-order valence-electron chi connectivity index (χ1n) is 11.1. The van der Waals surface area contributed by atoms with Gasteiger partial charge < -0.3 is 20.3 Å². The monoisotopic (exact) mass is 442 g/mol. The summed E-state index contributed by atoms with van der Waals surface area (Å²) < 4.78 is 5.32. The van der Waals surface area contributed by atoms with Crippen LogP contribution in [-0.4, -0.2) is 71.9 Å². The van der Waals surface area contributed by atoms with Crippen LogP contribution in [0, 0.1) is 5.92 Å². The van der Waals surface area contributed by atoms with Gasteiger partial charge in [0.2, 0.25) is 11.8 Å². The van der Waals surface area contributed by atoms with E-state index in [1.807, 2.05) is 24.3 Å². The van der Waals surface area contributed by atoms with Crippen LogP contribution in [0.3, 0.4) is 0 Å². The SMILES string of the molecule is COc1ccccc1CC(=O)N1CCC(NC(=O)CN2C(=O)NC(C)(C3CC3)C2=O)CC1. The highest BCUT2D eigenvalue weighted by atomic mass is 16.5. The molecule has 3 fully saturated rings. The number of carbonyl (C=O) groups excluding carboxylic acids is 4. The number of piperidine rings is 1. The van der Waals surface area contributed by atoms with Crippen LogP contribution in [0.4, 0.5) is 4.79 Å². The van der Waals surface area contributed by atoms with Crippen molar-refractivity contribution in [2.24, 2.45) is 5.92 Å². The lowest BCUT2D eigenvalue weighted by molar-refractivity contribution is -0.135. The summed E-state index contributed by atoms with van der Waals surface area (Å²) in [4.78, 5) is 52.9. The Kier molecular flexibility index (Phi) is 6.08. The zero-order valence-corrected chi connectivity index (χ0v) is 18.6. The molecule has 2 aliphatic heterocycles. The molecule has 2 saturated heterocycles. The van der Waals surface area contributed by atoms with E-state index in [0.29, 0.717) is 31.7 Å². The number of imide groups is 1. The normalized spacial score (nSPS) is 23.8. The summed E-state index contributed by atoms with van der Waals surface area (Å²) in [5, 5.41) is 5.67. The third-order valence-electron chi connectivity index (χ3n) is 6.74. The molecule has 1 unspecified atom stereocenters. The Morgan fingerprint density at radius 1 is 1.16 bits per heavy atom. The zero-order chi connectivity index (χ0) is 22.9. The molecule has 4 rings (SSSR count). The average Bonchev–Trinajstić information content (AvgIpc) is 3.61. The molecule has 1 atom stereocenters. The molecule has 0 bridgehead atoms. The first-order valence-corrected chi connectivity index (χ1v) is 11.1. The number of nitrogens with one attached hydrogen (secondary N) is 2. The highest BCUT2D eigenvalue weighted by Gasteiger charge is 2.56. The van der Waals surface area contributed by atoms with Gasteiger partial charge in [-0.3, -0.25) is 19.3 Å². The van der Waals surface area contributed by atoms with Gasteiger partial charge >= 0.3 is 6.03 Å². The molecule has 1 aromatic carbocycles. The van der Waals surface area contributed by atoms with Crippen LogP contribution in [0.5, 0.6) is 5.75 Å². The maximum atomic E-state index is 12.7. The summed E-state index contributed by atoms with van der Waals surface area (Å²) >= 11 is 0. The summed E-state index contributed by atoms with van der Waals surface area (Å²) in [6.45, 7) is 2.55. The van der Waals surface area contributed by atoms with Crippen molar-refractivity contribution in [3.05, 3.63) is 29.8 Å². The summed E-state index contributed by atoms with van der Waals surface area (Å²) in [6.07, 6.45) is 3.35. The second-order valence-corrected chi connectivity index (χ2v) is 9.01. The molecule has 0 aromatic heterocycles. The fourth-order valence-corrected chi connectivity index (χ4v) is 4.61. The Morgan fingerprint density at radius 2 is 1.84 bits per heavy atom. The number of hydrogen-bond donors (Lipinski definition) is 2. The average molecular weight is 443 g/mol. The van der Waals surface area contributed by atoms with Gasteiger partial charge in [-0.05, 0) is 44.6 Å². The van der Waals surface area contributed by atoms with Crippen LogP contribution in [0.25, 0.3) is 0 Å². The Labute approximate surface area is 187 Å². The minimum absolute atomic E-state index is 0.0259. The number of benzene rings is 1. The Balaban J connectivity index is 1.24. The maximum Gasteiger partial charge on any atom is 0.325 e. The van der Waals surface area contributed by atoms with Gasteiger partial charge in [0, 0.05) is 24.7 Å². The molecular weight excluding hydrogens is 412 g/mol. The van der Waals surface area contributed by atoms with E-state index >= 15 is 0 Å². The van der Waals surface area contributed by atoms with Crippen molar-refractivity contribution >= 4 is 23.8 Å². The summed E-state index contributed by atoms with van der Waals surface area (Å²) in [5.74, 6) is 0.202. The number of urea groups is 1. The van der Waals surface area contributed by atoms with Crippen LogP contribution < -0.4 is 15.4 Å². The highest BCUT2D eigenvalue weighted by Crippen LogP contribution is 2.42. The largest absolute Gasteiger partial charge is 0.496 e. The van der Waals surface area contributed by atoms with E-state index in [4.69, 9.17) is 4.74 Å². The quantitative estimate of drug-likeness (QED) is 0.614. The van der Waals surface area contributed by atoms with Crippen LogP contribution in [-0.2, 0) is 20.8 Å². The molecule has 172 valence electrons. The Hall–Kier alpha value is -3.10. The third-order valence-corrected chi connectivity index (χ3v) is 6.74. The molecule has 1 aromatic rings. The zero-order valence-electron chi connectivity index (χ0n) is 18.6. The molecule has 3 aliphatic rings. The molecule has 0 radical (unpaired) electrons. The molecule has 32 heavy (non-hydrogen) atoms. The molecule has 0 spiro atoms. The molecule has 1 saturated carbocycles. The van der Waals surface area contributed by atoms with Crippen molar-refractivity contribution in [1.29, 1.82) is 0 Å². The Morgan fingerprint density at radius 3 is 2.50 bits per heavy atom. The van der Waals surface area contributed by atoms with Crippen LogP contribution >= 0.6 is 0 Å². The van der Waals surface area contributed by atoms with Crippen molar-refractivity contribution in [2.45, 2.75) is 50.6 Å². The lowest BCUT2D eigenvalue weighted by Crippen LogP contribution is -2.50. The van der Waals surface area contributed by atoms with Gasteiger partial charge in [0.05, 0.1) is 13.5 Å². The van der Waals surface area contributed by atoms with Crippen molar-refractivity contribution in [1.82, 2.24) is 20.4 Å². The van der Waals surface area contributed by atoms with Crippen LogP contribution in [0.15, 0.2) is 24.3 Å². The van der Waals surface area contributed by atoms with Gasteiger partial charge in [-0.2, -0.15) is 0 Å². The van der Waals surface area contributed by atoms with E-state index < -0.39 is 11.6 Å². The lowest BCUT2D eigenvalue weighted by Gasteiger charge is -2.32. The molecular formula is C23H30N4O5. The van der Waals surface area contributed by atoms with E-state index in [1.165, 1.54) is 0 Å². The third kappa shape index (κ3) is 4.42. The number of methoxy groups -OCH3 is 1. The Bertz CT molecular complexity index is 923. The number of carbonyl (C=O) groups is 4. The number of ether oxygens (including phenoxy) is 1. The van der Waals surface area contributed by atoms with E-state index in [-0.39, 0.29) is 42.6 Å². The summed E-state index contributed by atoms with van der Waals surface area (Å²) in [6, 6.07) is 6.87. The van der Waals surface area contributed by atoms with Gasteiger partial charge in [0.15, 0.2) is 0 Å². The van der Waals surface area contributed by atoms with Gasteiger partial charge in [-0.25, -0.2) is 4.79 Å². The molecule has 2 N–H and O–H groups in total. The first-order chi connectivity index (χ1) is 15.3. The number of likely N-dealkylation sites (tertiary alicyclic amines) is 1. The minimum atomic E-state index is -0.884. The molecule has 9 nitrogen and oxygen atoms in total. The second kappa shape index (κ2) is 8.80. The van der Waals surface area contributed by atoms with Crippen molar-refractivity contribution in [3.8, 4) is 5.75 Å². The number of rotatable bonds is 7. The number of amides is 5. The predicted octanol–water partition coefficient (Wildman–Crippen LogP) is 1.07. The van der Waals surface area contributed by atoms with Crippen molar-refractivity contribution in [2.75, 3.05) is 26.7 Å². The fourth-order valence-electron chi connectivity index (χ4n) is 4.61. The van der Waals surface area contributed by atoms with Crippen LogP contribution in [0.2, 0.25) is 0 Å². The van der Waals surface area contributed by atoms with E-state index in [2.05, 4.69) is 10.6 Å². The topological polar surface area (TPSA) is 108 Å². The lowest BCUT2D eigenvalue weighted by atomic mass is 9.96. The number of hydrogen-bond acceptors (Lipinski definition) is 5. The first kappa shape index (κ1) is 22.1. The van der Waals surface area contributed by atoms with Crippen molar-refractivity contribution < 1.29 is 23.9 Å². The van der Waals surface area contributed by atoms with E-state index in [9.17, 15) is 19.2 Å². The molecule has 1 aliphatic carbocycles. The molecule has 9 heteroatoms. The maximum absolute atomic E-state index is 12.7. The second-order valence-electron chi connectivity index (χ2n) is 9.01. The molecule has 2 heterocycles. The standard InChI is InChI=1S/C23H30N4O5/c1-23(16-7-8-16)21(30)27(22(31)25-23)14-19(28)24-17-9-11-26(12-10-17)20(29)13-15-5-3-4-6-18(15)32-2/h3-6,16-17H,7-14H2,1-2H3,(H,24,28)(H,25,31).